The van der Waals surface area contributed by atoms with E-state index in [0.29, 0.717) is 13.1 Å². The second-order valence-electron chi connectivity index (χ2n) is 9.32. The van der Waals surface area contributed by atoms with E-state index in [1.165, 1.54) is 24.1 Å². The van der Waals surface area contributed by atoms with Crippen molar-refractivity contribution in [3.63, 3.8) is 0 Å². The second kappa shape index (κ2) is 16.2. The fraction of sp³-hybridized carbons (Fsp3) is 0.577. The van der Waals surface area contributed by atoms with Crippen LogP contribution in [0.5, 0.6) is 5.75 Å². The predicted molar refractivity (Wildman–Crippen MR) is 142 cm³/mol. The van der Waals surface area contributed by atoms with Crippen molar-refractivity contribution in [2.24, 2.45) is 0 Å². The molecular weight excluding hydrogens is 578 g/mol. The smallest absolute Gasteiger partial charge is 0.409 e. The molecule has 0 radical (unpaired) electrons. The molecule has 2 rings (SSSR count). The minimum absolute atomic E-state index is 0.260. The van der Waals surface area contributed by atoms with Crippen molar-refractivity contribution in [1.82, 2.24) is 10.2 Å². The minimum atomic E-state index is -1.68. The Morgan fingerprint density at radius 1 is 0.930 bits per heavy atom. The second-order valence-corrected chi connectivity index (χ2v) is 9.32. The first-order valence-electron chi connectivity index (χ1n) is 13.0. The number of nitro groups is 1. The van der Waals surface area contributed by atoms with Crippen LogP contribution < -0.4 is 10.1 Å². The van der Waals surface area contributed by atoms with Gasteiger partial charge in [-0.15, -0.1) is 0 Å². The third-order valence-electron chi connectivity index (χ3n) is 5.78. The summed E-state index contributed by atoms with van der Waals surface area (Å²) in [6, 6.07) is 3.72. The molecule has 0 aliphatic carbocycles. The van der Waals surface area contributed by atoms with Crippen molar-refractivity contribution in [1.29, 1.82) is 0 Å². The van der Waals surface area contributed by atoms with E-state index >= 15 is 0 Å². The quantitative estimate of drug-likeness (QED) is 0.141. The zero-order valence-corrected chi connectivity index (χ0v) is 24.6. The summed E-state index contributed by atoms with van der Waals surface area (Å²) in [5.74, 6) is -3.61. The highest BCUT2D eigenvalue weighted by molar-refractivity contribution is 5.69. The van der Waals surface area contributed by atoms with Gasteiger partial charge in [-0.1, -0.05) is 6.07 Å². The number of nitrogens with zero attached hydrogens (tertiary/aromatic N) is 2. The number of ether oxygens (including phenoxy) is 7. The topological polar surface area (TPSA) is 208 Å². The van der Waals surface area contributed by atoms with Gasteiger partial charge in [0, 0.05) is 53.9 Å². The number of carbonyl (C=O) groups excluding carboxylic acids is 5. The molecule has 17 heteroatoms. The normalized spacial score (nSPS) is 21.1. The highest BCUT2D eigenvalue weighted by Crippen LogP contribution is 2.35. The first kappa shape index (κ1) is 34.7. The van der Waals surface area contributed by atoms with E-state index in [4.69, 9.17) is 33.2 Å². The summed E-state index contributed by atoms with van der Waals surface area (Å²) in [5.41, 5.74) is -0.305. The number of likely N-dealkylation sites (N-methyl/N-ethyl adjacent to an activating group) is 2. The molecule has 1 amide bonds. The van der Waals surface area contributed by atoms with Crippen LogP contribution in [-0.2, 0) is 54.2 Å². The zero-order valence-electron chi connectivity index (χ0n) is 24.6. The van der Waals surface area contributed by atoms with Crippen LogP contribution in [0, 0.1) is 10.1 Å². The summed E-state index contributed by atoms with van der Waals surface area (Å²) in [4.78, 5) is 72.1. The van der Waals surface area contributed by atoms with Crippen LogP contribution in [0.2, 0.25) is 0 Å². The number of hydrogen-bond donors (Lipinski definition) is 1. The van der Waals surface area contributed by atoms with E-state index in [9.17, 15) is 34.1 Å². The van der Waals surface area contributed by atoms with Crippen LogP contribution in [0.3, 0.4) is 0 Å². The molecule has 17 nitrogen and oxygen atoms in total. The Balaban J connectivity index is 2.43. The maximum absolute atomic E-state index is 12.2. The van der Waals surface area contributed by atoms with Gasteiger partial charge in [0.25, 0.3) is 0 Å². The summed E-state index contributed by atoms with van der Waals surface area (Å²) in [7, 11) is 3.26. The Morgan fingerprint density at radius 3 is 2.09 bits per heavy atom. The van der Waals surface area contributed by atoms with E-state index in [0.717, 1.165) is 33.8 Å². The average molecular weight is 614 g/mol. The molecule has 1 aliphatic heterocycles. The van der Waals surface area contributed by atoms with E-state index in [1.54, 1.807) is 7.05 Å². The fourth-order valence-corrected chi connectivity index (χ4v) is 3.93. The van der Waals surface area contributed by atoms with Crippen molar-refractivity contribution < 1.29 is 62.1 Å². The summed E-state index contributed by atoms with van der Waals surface area (Å²) in [6.07, 6.45) is -8.18. The number of hydrogen-bond acceptors (Lipinski definition) is 15. The SMILES string of the molecule is CNCCN(C)C(=O)OCc1ccc(O[C@@H]2O[C@H](COC(C)=O)[C@H](OC(C)=O)[C@H](OC(C)=O)[C@H]2OC(C)=O)c([N+](=O)[O-])c1. The van der Waals surface area contributed by atoms with Crippen molar-refractivity contribution in [2.45, 2.75) is 65.0 Å². The van der Waals surface area contributed by atoms with Crippen LogP contribution >= 0.6 is 0 Å². The molecule has 43 heavy (non-hydrogen) atoms. The lowest BCUT2D eigenvalue weighted by atomic mass is 9.98. The van der Waals surface area contributed by atoms with Crippen molar-refractivity contribution >= 4 is 35.7 Å². The molecule has 0 saturated carbocycles. The number of esters is 4. The lowest BCUT2D eigenvalue weighted by Gasteiger charge is -2.43. The van der Waals surface area contributed by atoms with Gasteiger partial charge in [0.2, 0.25) is 12.4 Å². The van der Waals surface area contributed by atoms with Crippen LogP contribution in [-0.4, -0.2) is 104 Å². The summed E-state index contributed by atoms with van der Waals surface area (Å²) >= 11 is 0. The molecule has 0 unspecified atom stereocenters. The van der Waals surface area contributed by atoms with Gasteiger partial charge in [0.1, 0.15) is 19.3 Å². The lowest BCUT2D eigenvalue weighted by molar-refractivity contribution is -0.387. The number of amides is 1. The monoisotopic (exact) mass is 613 g/mol. The van der Waals surface area contributed by atoms with Gasteiger partial charge in [0.05, 0.1) is 4.92 Å². The molecule has 1 aromatic rings. The van der Waals surface area contributed by atoms with Gasteiger partial charge >= 0.3 is 35.7 Å². The summed E-state index contributed by atoms with van der Waals surface area (Å²) < 4.78 is 37.8. The van der Waals surface area contributed by atoms with Crippen LogP contribution in [0.4, 0.5) is 10.5 Å². The first-order valence-corrected chi connectivity index (χ1v) is 13.0. The van der Waals surface area contributed by atoms with E-state index in [2.05, 4.69) is 5.32 Å². The molecule has 5 atom stereocenters. The maximum atomic E-state index is 12.2. The van der Waals surface area contributed by atoms with Crippen LogP contribution in [0.25, 0.3) is 0 Å². The molecule has 0 spiro atoms. The van der Waals surface area contributed by atoms with Gasteiger partial charge in [-0.2, -0.15) is 0 Å². The Hall–Kier alpha value is -4.51. The molecule has 1 N–H and O–H groups in total. The van der Waals surface area contributed by atoms with E-state index < -0.39 is 77.9 Å². The molecule has 0 bridgehead atoms. The van der Waals surface area contributed by atoms with Gasteiger partial charge in [-0.25, -0.2) is 4.79 Å². The molecule has 1 aliphatic rings. The Labute approximate surface area is 246 Å². The third kappa shape index (κ3) is 10.7. The average Bonchev–Trinajstić information content (AvgIpc) is 2.92. The maximum Gasteiger partial charge on any atom is 0.409 e. The molecule has 0 aromatic heterocycles. The zero-order chi connectivity index (χ0) is 32.3. The van der Waals surface area contributed by atoms with Crippen molar-refractivity contribution in [3.05, 3.63) is 33.9 Å². The number of carbonyl (C=O) groups is 5. The Kier molecular flexibility index (Phi) is 13.1. The number of nitro benzene ring substituents is 1. The largest absolute Gasteiger partial charge is 0.463 e. The number of benzene rings is 1. The molecule has 1 heterocycles. The molecule has 1 fully saturated rings. The highest BCUT2D eigenvalue weighted by atomic mass is 16.7. The molecule has 1 aromatic carbocycles. The van der Waals surface area contributed by atoms with Gasteiger partial charge in [-0.3, -0.25) is 29.3 Å². The predicted octanol–water partition coefficient (Wildman–Crippen LogP) is 0.845. The fourth-order valence-electron chi connectivity index (χ4n) is 3.93. The Bertz CT molecular complexity index is 1190. The van der Waals surface area contributed by atoms with Gasteiger partial charge < -0.3 is 43.4 Å². The van der Waals surface area contributed by atoms with Gasteiger partial charge in [-0.05, 0) is 18.7 Å². The third-order valence-corrected chi connectivity index (χ3v) is 5.78. The molecule has 238 valence electrons. The van der Waals surface area contributed by atoms with Gasteiger partial charge in [0.15, 0.2) is 18.0 Å². The minimum Gasteiger partial charge on any atom is -0.463 e. The van der Waals surface area contributed by atoms with Crippen molar-refractivity contribution in [3.8, 4) is 5.75 Å². The van der Waals surface area contributed by atoms with Crippen LogP contribution in [0.1, 0.15) is 33.3 Å². The van der Waals surface area contributed by atoms with E-state index in [-0.39, 0.29) is 17.9 Å². The molecular formula is C26H35N3O14. The highest BCUT2D eigenvalue weighted by Gasteiger charge is 2.53. The molecule has 1 saturated heterocycles. The summed E-state index contributed by atoms with van der Waals surface area (Å²) in [6.45, 7) is 4.39. The number of rotatable bonds is 13. The van der Waals surface area contributed by atoms with Crippen LogP contribution in [0.15, 0.2) is 18.2 Å². The lowest BCUT2D eigenvalue weighted by Crippen LogP contribution is -2.63. The Morgan fingerprint density at radius 2 is 1.53 bits per heavy atom. The summed E-state index contributed by atoms with van der Waals surface area (Å²) in [5, 5.41) is 14.8. The standard InChI is InChI=1S/C26H35N3O14/c1-14(30)37-13-21-22(39-15(2)31)23(40-16(3)32)24(41-17(4)33)25(43-21)42-20-8-7-18(11-19(20)29(35)36)12-38-26(34)28(6)10-9-27-5/h7-8,11,21-25,27H,9-10,12-13H2,1-6H3/t21-,22+,23+,24-,25-/m1/s1. The van der Waals surface area contributed by atoms with E-state index in [1.807, 2.05) is 0 Å². The van der Waals surface area contributed by atoms with Crippen molar-refractivity contribution in [2.75, 3.05) is 33.8 Å². The number of nitrogens with one attached hydrogen (secondary N) is 1. The first-order chi connectivity index (χ1) is 20.2.